The lowest BCUT2D eigenvalue weighted by atomic mass is 10.1. The van der Waals surface area contributed by atoms with Crippen LogP contribution in [0.4, 0.5) is 5.82 Å². The van der Waals surface area contributed by atoms with Crippen LogP contribution in [0.3, 0.4) is 0 Å². The Morgan fingerprint density at radius 3 is 2.03 bits per heavy atom. The van der Waals surface area contributed by atoms with Gasteiger partial charge in [-0.1, -0.05) is 0 Å². The minimum Gasteiger partial charge on any atom is -0.394 e. The van der Waals surface area contributed by atoms with E-state index in [2.05, 4.69) is 18.1 Å². The Balaban J connectivity index is 0.000000738. The fourth-order valence-electron chi connectivity index (χ4n) is 2.29. The average molecular weight is 624 g/mol. The third-order valence-corrected chi connectivity index (χ3v) is 8.73. The van der Waals surface area contributed by atoms with Crippen LogP contribution in [0.15, 0.2) is 17.1 Å². The van der Waals surface area contributed by atoms with Crippen molar-refractivity contribution in [3.8, 4) is 0 Å². The van der Waals surface area contributed by atoms with E-state index in [0.29, 0.717) is 0 Å². The van der Waals surface area contributed by atoms with Crippen LogP contribution < -0.4 is 17.2 Å². The average Bonchev–Trinajstić information content (AvgIpc) is 2.97. The molecule has 22 nitrogen and oxygen atoms in total. The summed E-state index contributed by atoms with van der Waals surface area (Å²) in [5.41, 5.74) is 9.13. The maximum atomic E-state index is 11.8. The van der Waals surface area contributed by atoms with Gasteiger partial charge in [0.2, 0.25) is 0 Å². The predicted octanol–water partition coefficient (Wildman–Crippen LogP) is -3.77. The first-order valence-electron chi connectivity index (χ1n) is 9.15. The van der Waals surface area contributed by atoms with Crippen molar-refractivity contribution in [3.05, 3.63) is 22.7 Å². The van der Waals surface area contributed by atoms with E-state index in [1.54, 1.807) is 0 Å². The van der Waals surface area contributed by atoms with Crippen LogP contribution in [-0.4, -0.2) is 91.5 Å². The molecule has 0 radical (unpaired) electrons. The predicted molar refractivity (Wildman–Crippen MR) is 116 cm³/mol. The number of aromatic nitrogens is 2. The van der Waals surface area contributed by atoms with Crippen molar-refractivity contribution < 1.29 is 80.8 Å². The second-order valence-electron chi connectivity index (χ2n) is 6.81. The van der Waals surface area contributed by atoms with Crippen LogP contribution in [-0.2, 0) is 36.1 Å². The molecule has 216 valence electrons. The minimum absolute atomic E-state index is 0.122. The first-order chi connectivity index (χ1) is 16.6. The van der Waals surface area contributed by atoms with Crippen molar-refractivity contribution in [3.63, 3.8) is 0 Å². The third-order valence-electron chi connectivity index (χ3n) is 3.90. The van der Waals surface area contributed by atoms with Crippen LogP contribution in [0.1, 0.15) is 6.23 Å². The van der Waals surface area contributed by atoms with Crippen molar-refractivity contribution in [2.75, 3.05) is 18.9 Å². The summed E-state index contributed by atoms with van der Waals surface area (Å²) in [4.78, 5) is 66.7. The summed E-state index contributed by atoms with van der Waals surface area (Å²) < 4.78 is 60.7. The SMILES string of the molecule is NC(CO)P(=O)(O)O.Nc1ccn([C@@H]2O[C@H](COP(=O)(O)OP(=O)(O)OP(=O)(O)O)[C@@H](O)[C@H]2O)c(=O)n1. The van der Waals surface area contributed by atoms with Crippen molar-refractivity contribution in [2.45, 2.75) is 30.3 Å². The molecule has 13 N–H and O–H groups in total. The van der Waals surface area contributed by atoms with Gasteiger partial charge in [-0.05, 0) is 6.07 Å². The number of hydrogen-bond acceptors (Lipinski definition) is 15. The van der Waals surface area contributed by atoms with E-state index in [-0.39, 0.29) is 5.82 Å². The molecule has 1 aliphatic rings. The number of hydrogen-bond donors (Lipinski definition) is 11. The maximum absolute atomic E-state index is 11.8. The quantitative estimate of drug-likeness (QED) is 0.111. The minimum atomic E-state index is -5.71. The molecule has 0 amide bonds. The molecule has 1 aromatic rings. The van der Waals surface area contributed by atoms with E-state index < -0.39 is 80.3 Å². The van der Waals surface area contributed by atoms with Crippen molar-refractivity contribution >= 4 is 36.9 Å². The Morgan fingerprint density at radius 1 is 1.03 bits per heavy atom. The van der Waals surface area contributed by atoms with Gasteiger partial charge in [-0.3, -0.25) is 13.7 Å². The molecule has 26 heteroatoms. The van der Waals surface area contributed by atoms with E-state index in [1.807, 2.05) is 0 Å². The molecule has 0 aromatic carbocycles. The van der Waals surface area contributed by atoms with Crippen molar-refractivity contribution in [1.29, 1.82) is 0 Å². The van der Waals surface area contributed by atoms with Gasteiger partial charge in [-0.15, -0.1) is 0 Å². The van der Waals surface area contributed by atoms with E-state index in [4.69, 9.17) is 45.8 Å². The Bertz CT molecular complexity index is 1170. The number of phosphoric ester groups is 1. The lowest BCUT2D eigenvalue weighted by molar-refractivity contribution is -0.0541. The monoisotopic (exact) mass is 624 g/mol. The molecule has 0 spiro atoms. The van der Waals surface area contributed by atoms with E-state index in [1.165, 1.54) is 6.07 Å². The highest BCUT2D eigenvalue weighted by molar-refractivity contribution is 7.66. The molecule has 1 saturated heterocycles. The highest BCUT2D eigenvalue weighted by Crippen LogP contribution is 2.66. The van der Waals surface area contributed by atoms with Gasteiger partial charge >= 0.3 is 36.8 Å². The number of nitrogen functional groups attached to an aromatic ring is 1. The number of ether oxygens (including phenoxy) is 1. The number of aliphatic hydroxyl groups excluding tert-OH is 3. The number of anilines is 1. The molecule has 7 atom stereocenters. The van der Waals surface area contributed by atoms with Gasteiger partial charge < -0.3 is 60.9 Å². The molecule has 0 bridgehead atoms. The molecule has 0 aliphatic carbocycles. The molecule has 2 rings (SSSR count). The molecule has 1 fully saturated rings. The van der Waals surface area contributed by atoms with Crippen molar-refractivity contribution in [1.82, 2.24) is 9.55 Å². The maximum Gasteiger partial charge on any atom is 0.490 e. The number of rotatable bonds is 10. The number of phosphoric acid groups is 3. The summed E-state index contributed by atoms with van der Waals surface area (Å²) in [5.74, 6) is -1.55. The van der Waals surface area contributed by atoms with E-state index >= 15 is 0 Å². The lowest BCUT2D eigenvalue weighted by Crippen LogP contribution is -2.36. The topological polar surface area (TPSA) is 374 Å². The molecule has 3 unspecified atom stereocenters. The zero-order valence-corrected chi connectivity index (χ0v) is 21.6. The van der Waals surface area contributed by atoms with Gasteiger partial charge in [0.25, 0.3) is 0 Å². The third kappa shape index (κ3) is 11.4. The largest absolute Gasteiger partial charge is 0.490 e. The first-order valence-corrected chi connectivity index (χ1v) is 15.3. The Labute approximate surface area is 205 Å². The van der Waals surface area contributed by atoms with Gasteiger partial charge in [0.1, 0.15) is 29.9 Å². The van der Waals surface area contributed by atoms with Gasteiger partial charge in [-0.2, -0.15) is 13.6 Å². The summed E-state index contributed by atoms with van der Waals surface area (Å²) in [6.45, 7) is -1.71. The normalized spacial score (nSPS) is 26.4. The summed E-state index contributed by atoms with van der Waals surface area (Å²) in [7, 11) is -21.0. The van der Waals surface area contributed by atoms with Gasteiger partial charge in [-0.25, -0.2) is 18.5 Å². The van der Waals surface area contributed by atoms with Crippen LogP contribution in [0.2, 0.25) is 0 Å². The van der Waals surface area contributed by atoms with E-state index in [9.17, 15) is 38.2 Å². The van der Waals surface area contributed by atoms with Crippen LogP contribution in [0, 0.1) is 0 Å². The highest BCUT2D eigenvalue weighted by Gasteiger charge is 2.46. The molecule has 2 heterocycles. The van der Waals surface area contributed by atoms with Gasteiger partial charge in [0.15, 0.2) is 6.23 Å². The number of aliphatic hydroxyl groups is 3. The lowest BCUT2D eigenvalue weighted by Gasteiger charge is -2.19. The molecular weight excluding hydrogens is 600 g/mol. The summed E-state index contributed by atoms with van der Waals surface area (Å²) in [5, 5.41) is 28.0. The Kier molecular flexibility index (Phi) is 11.9. The van der Waals surface area contributed by atoms with Crippen LogP contribution in [0.25, 0.3) is 0 Å². The zero-order valence-electron chi connectivity index (χ0n) is 18.0. The number of nitrogens with zero attached hydrogens (tertiary/aromatic N) is 2. The number of nitrogens with two attached hydrogens (primary N) is 2. The smallest absolute Gasteiger partial charge is 0.394 e. The molecule has 1 aliphatic heterocycles. The summed E-state index contributed by atoms with van der Waals surface area (Å²) in [6, 6.07) is 1.20. The molecule has 37 heavy (non-hydrogen) atoms. The fourth-order valence-corrected chi connectivity index (χ4v) is 5.54. The Morgan fingerprint density at radius 2 is 1.59 bits per heavy atom. The van der Waals surface area contributed by atoms with Gasteiger partial charge in [0.05, 0.1) is 13.2 Å². The van der Waals surface area contributed by atoms with Gasteiger partial charge in [0, 0.05) is 6.20 Å². The summed E-state index contributed by atoms with van der Waals surface area (Å²) in [6.07, 6.45) is -5.38. The van der Waals surface area contributed by atoms with Crippen LogP contribution >= 0.6 is 31.1 Å². The highest BCUT2D eigenvalue weighted by atomic mass is 31.3. The van der Waals surface area contributed by atoms with E-state index in [0.717, 1.165) is 10.8 Å². The summed E-state index contributed by atoms with van der Waals surface area (Å²) >= 11 is 0. The molecule has 0 saturated carbocycles. The van der Waals surface area contributed by atoms with Crippen molar-refractivity contribution in [2.24, 2.45) is 5.73 Å². The fraction of sp³-hybridized carbons (Fsp3) is 0.636. The standard InChI is InChI=1S/C9H16N3O14P3.C2H8NO4P/c10-5-1-2-12(9(15)11-5)8-7(14)6(13)4(24-8)3-23-28(19,20)26-29(21,22)25-27(16,17)18;3-2(1-4)8(5,6)7/h1-2,4,6-8,13-14H,3H2,(H,19,20)(H,21,22)(H2,10,11,15)(H2,16,17,18);2,4H,1,3H2,(H2,5,6,7)/t4-,6-,7-,8-;/m1./s1. The second-order valence-corrected chi connectivity index (χ2v) is 13.1. The second kappa shape index (κ2) is 12.9. The van der Waals surface area contributed by atoms with Crippen LogP contribution in [0.5, 0.6) is 0 Å². The molecular formula is C11H24N4O18P4. The first kappa shape index (κ1) is 34.1. The zero-order chi connectivity index (χ0) is 29.0. The Hall–Kier alpha value is -0.960. The molecule has 1 aromatic heterocycles.